The molecular weight excluding hydrogens is 219 g/mol. The number of nitrogens with zero attached hydrogens (tertiary/aromatic N) is 2. The Morgan fingerprint density at radius 3 is 2.50 bits per heavy atom. The van der Waals surface area contributed by atoms with E-state index < -0.39 is 11.9 Å². The van der Waals surface area contributed by atoms with E-state index in [0.717, 1.165) is 31.7 Å². The second-order valence-corrected chi connectivity index (χ2v) is 4.11. The molecule has 0 aromatic carbocycles. The number of hydrogen-bond acceptors (Lipinski definition) is 2. The van der Waals surface area contributed by atoms with Gasteiger partial charge in [-0.3, -0.25) is 4.68 Å². The first-order valence-electron chi connectivity index (χ1n) is 5.38. The van der Waals surface area contributed by atoms with Gasteiger partial charge in [0.05, 0.1) is 11.7 Å². The largest absolute Gasteiger partial charge is 0.435 e. The molecule has 1 saturated carbocycles. The summed E-state index contributed by atoms with van der Waals surface area (Å²) in [5, 5.41) is 3.65. The minimum absolute atomic E-state index is 0.0923. The van der Waals surface area contributed by atoms with Gasteiger partial charge in [0, 0.05) is 6.54 Å². The van der Waals surface area contributed by atoms with E-state index in [1.54, 1.807) is 0 Å². The second kappa shape index (κ2) is 4.08. The van der Waals surface area contributed by atoms with E-state index in [9.17, 15) is 13.2 Å². The highest BCUT2D eigenvalue weighted by Gasteiger charge is 2.35. The van der Waals surface area contributed by atoms with Crippen molar-refractivity contribution in [1.82, 2.24) is 9.78 Å². The molecule has 6 heteroatoms. The molecule has 0 amide bonds. The second-order valence-electron chi connectivity index (χ2n) is 4.11. The Labute approximate surface area is 91.4 Å². The van der Waals surface area contributed by atoms with Gasteiger partial charge in [0.2, 0.25) is 0 Å². The van der Waals surface area contributed by atoms with Crippen LogP contribution in [0.5, 0.6) is 0 Å². The van der Waals surface area contributed by atoms with Gasteiger partial charge in [-0.25, -0.2) is 0 Å². The molecule has 0 spiro atoms. The maximum absolute atomic E-state index is 12.5. The van der Waals surface area contributed by atoms with Crippen molar-refractivity contribution in [2.45, 2.75) is 44.4 Å². The summed E-state index contributed by atoms with van der Waals surface area (Å²) in [4.78, 5) is 0. The molecule has 1 heterocycles. The molecule has 0 bridgehead atoms. The van der Waals surface area contributed by atoms with Crippen LogP contribution < -0.4 is 5.73 Å². The SMILES string of the molecule is NCc1cc(C(F)(F)F)nn1C1CCCC1. The zero-order valence-corrected chi connectivity index (χ0v) is 8.80. The molecule has 0 saturated heterocycles. The van der Waals surface area contributed by atoms with Gasteiger partial charge in [-0.15, -0.1) is 0 Å². The molecule has 1 aromatic heterocycles. The van der Waals surface area contributed by atoms with Crippen LogP contribution >= 0.6 is 0 Å². The van der Waals surface area contributed by atoms with E-state index in [-0.39, 0.29) is 12.6 Å². The molecule has 1 aliphatic rings. The van der Waals surface area contributed by atoms with E-state index in [0.29, 0.717) is 5.69 Å². The number of nitrogens with two attached hydrogens (primary N) is 1. The summed E-state index contributed by atoms with van der Waals surface area (Å²) < 4.78 is 38.9. The average molecular weight is 233 g/mol. The number of rotatable bonds is 2. The van der Waals surface area contributed by atoms with Gasteiger partial charge in [0.1, 0.15) is 0 Å². The smallest absolute Gasteiger partial charge is 0.325 e. The fraction of sp³-hybridized carbons (Fsp3) is 0.700. The number of hydrogen-bond donors (Lipinski definition) is 1. The van der Waals surface area contributed by atoms with Crippen molar-refractivity contribution in [2.24, 2.45) is 5.73 Å². The molecule has 0 unspecified atom stereocenters. The lowest BCUT2D eigenvalue weighted by Gasteiger charge is -2.12. The third kappa shape index (κ3) is 2.07. The van der Waals surface area contributed by atoms with Crippen LogP contribution in [-0.4, -0.2) is 9.78 Å². The Bertz CT molecular complexity index is 364. The van der Waals surface area contributed by atoms with Crippen LogP contribution in [0, 0.1) is 0 Å². The van der Waals surface area contributed by atoms with Crippen molar-refractivity contribution in [3.8, 4) is 0 Å². The zero-order valence-electron chi connectivity index (χ0n) is 8.80. The minimum atomic E-state index is -4.38. The quantitative estimate of drug-likeness (QED) is 0.852. The van der Waals surface area contributed by atoms with Crippen molar-refractivity contribution >= 4 is 0 Å². The third-order valence-corrected chi connectivity index (χ3v) is 2.98. The lowest BCUT2D eigenvalue weighted by atomic mass is 10.2. The Kier molecular flexibility index (Phi) is 2.92. The normalized spacial score (nSPS) is 18.2. The summed E-state index contributed by atoms with van der Waals surface area (Å²) in [6.07, 6.45) is -0.489. The van der Waals surface area contributed by atoms with Gasteiger partial charge >= 0.3 is 6.18 Å². The van der Waals surface area contributed by atoms with Crippen LogP contribution in [0.4, 0.5) is 13.2 Å². The first-order chi connectivity index (χ1) is 7.52. The van der Waals surface area contributed by atoms with Crippen molar-refractivity contribution in [3.63, 3.8) is 0 Å². The number of halogens is 3. The Hall–Kier alpha value is -1.04. The Morgan fingerprint density at radius 1 is 1.38 bits per heavy atom. The predicted molar refractivity (Wildman–Crippen MR) is 52.6 cm³/mol. The molecule has 0 aliphatic heterocycles. The number of aromatic nitrogens is 2. The summed E-state index contributed by atoms with van der Waals surface area (Å²) >= 11 is 0. The highest BCUT2D eigenvalue weighted by atomic mass is 19.4. The summed E-state index contributed by atoms with van der Waals surface area (Å²) in [6, 6.07) is 1.15. The molecule has 1 aliphatic carbocycles. The van der Waals surface area contributed by atoms with E-state index in [2.05, 4.69) is 5.10 Å². The summed E-state index contributed by atoms with van der Waals surface area (Å²) in [5.74, 6) is 0. The lowest BCUT2D eigenvalue weighted by Crippen LogP contribution is -2.14. The maximum Gasteiger partial charge on any atom is 0.435 e. The van der Waals surface area contributed by atoms with Gasteiger partial charge in [-0.2, -0.15) is 18.3 Å². The van der Waals surface area contributed by atoms with Gasteiger partial charge in [0.25, 0.3) is 0 Å². The molecule has 1 fully saturated rings. The number of alkyl halides is 3. The molecule has 2 N–H and O–H groups in total. The van der Waals surface area contributed by atoms with Crippen LogP contribution in [0.2, 0.25) is 0 Å². The van der Waals surface area contributed by atoms with E-state index in [4.69, 9.17) is 5.73 Å². The third-order valence-electron chi connectivity index (χ3n) is 2.98. The van der Waals surface area contributed by atoms with Crippen molar-refractivity contribution in [1.29, 1.82) is 0 Å². The van der Waals surface area contributed by atoms with Crippen LogP contribution in [0.25, 0.3) is 0 Å². The standard InChI is InChI=1S/C10H14F3N3/c11-10(12,13)9-5-8(6-14)16(15-9)7-3-1-2-4-7/h5,7H,1-4,6,14H2. The van der Waals surface area contributed by atoms with Gasteiger partial charge in [0.15, 0.2) is 5.69 Å². The van der Waals surface area contributed by atoms with Gasteiger partial charge in [-0.05, 0) is 18.9 Å². The topological polar surface area (TPSA) is 43.8 Å². The Morgan fingerprint density at radius 2 is 2.00 bits per heavy atom. The molecular formula is C10H14F3N3. The van der Waals surface area contributed by atoms with Crippen molar-refractivity contribution < 1.29 is 13.2 Å². The fourth-order valence-corrected chi connectivity index (χ4v) is 2.19. The predicted octanol–water partition coefficient (Wildman–Crippen LogP) is 2.48. The van der Waals surface area contributed by atoms with Gasteiger partial charge in [-0.1, -0.05) is 12.8 Å². The van der Waals surface area contributed by atoms with E-state index in [1.807, 2.05) is 0 Å². The Balaban J connectivity index is 2.32. The molecule has 0 atom stereocenters. The maximum atomic E-state index is 12.5. The summed E-state index contributed by atoms with van der Waals surface area (Å²) in [5.41, 5.74) is 5.08. The minimum Gasteiger partial charge on any atom is -0.325 e. The van der Waals surface area contributed by atoms with E-state index in [1.165, 1.54) is 4.68 Å². The molecule has 0 radical (unpaired) electrons. The van der Waals surface area contributed by atoms with Gasteiger partial charge < -0.3 is 5.73 Å². The van der Waals surface area contributed by atoms with Crippen LogP contribution in [0.15, 0.2) is 6.07 Å². The first kappa shape index (κ1) is 11.4. The molecule has 3 nitrogen and oxygen atoms in total. The summed E-state index contributed by atoms with van der Waals surface area (Å²) in [7, 11) is 0. The monoisotopic (exact) mass is 233 g/mol. The van der Waals surface area contributed by atoms with Crippen LogP contribution in [0.3, 0.4) is 0 Å². The summed E-state index contributed by atoms with van der Waals surface area (Å²) in [6.45, 7) is 0.0968. The lowest BCUT2D eigenvalue weighted by molar-refractivity contribution is -0.141. The highest BCUT2D eigenvalue weighted by Crippen LogP contribution is 2.33. The molecule has 1 aromatic rings. The van der Waals surface area contributed by atoms with Crippen molar-refractivity contribution in [2.75, 3.05) is 0 Å². The average Bonchev–Trinajstić information content (AvgIpc) is 2.85. The zero-order chi connectivity index (χ0) is 11.8. The van der Waals surface area contributed by atoms with Crippen molar-refractivity contribution in [3.05, 3.63) is 17.5 Å². The first-order valence-corrected chi connectivity index (χ1v) is 5.38. The molecule has 16 heavy (non-hydrogen) atoms. The fourth-order valence-electron chi connectivity index (χ4n) is 2.19. The van der Waals surface area contributed by atoms with Crippen LogP contribution in [0.1, 0.15) is 43.1 Å². The van der Waals surface area contributed by atoms with Crippen LogP contribution in [-0.2, 0) is 12.7 Å². The molecule has 90 valence electrons. The molecule has 2 rings (SSSR count). The van der Waals surface area contributed by atoms with E-state index >= 15 is 0 Å². The highest BCUT2D eigenvalue weighted by molar-refractivity contribution is 5.14.